The Bertz CT molecular complexity index is 600. The van der Waals surface area contributed by atoms with Crippen molar-refractivity contribution in [2.75, 3.05) is 0 Å². The highest BCUT2D eigenvalue weighted by atomic mass is 16.4. The van der Waals surface area contributed by atoms with Crippen LogP contribution in [0, 0.1) is 0 Å². The van der Waals surface area contributed by atoms with Gasteiger partial charge in [-0.1, -0.05) is 37.6 Å². The van der Waals surface area contributed by atoms with Gasteiger partial charge in [-0.2, -0.15) is 0 Å². The normalized spacial score (nSPS) is 10.4. The number of phenolic OH excluding ortho intramolecular Hbond substituents is 1. The summed E-state index contributed by atoms with van der Waals surface area (Å²) in [7, 11) is 0. The molecule has 3 nitrogen and oxygen atoms in total. The van der Waals surface area contributed by atoms with Crippen LogP contribution < -0.4 is 0 Å². The minimum atomic E-state index is -0.991. The number of carbonyl (C=O) groups is 1. The van der Waals surface area contributed by atoms with Crippen LogP contribution >= 0.6 is 0 Å². The number of aromatic hydroxyl groups is 1. The smallest absolute Gasteiger partial charge is 0.336 e. The van der Waals surface area contributed by atoms with Gasteiger partial charge in [-0.15, -0.1) is 0 Å². The molecule has 0 saturated heterocycles. The van der Waals surface area contributed by atoms with Crippen molar-refractivity contribution in [3.05, 3.63) is 53.6 Å². The van der Waals surface area contributed by atoms with Gasteiger partial charge in [0.1, 0.15) is 5.75 Å². The predicted molar refractivity (Wildman–Crippen MR) is 79.1 cm³/mol. The van der Waals surface area contributed by atoms with Crippen molar-refractivity contribution < 1.29 is 15.0 Å². The lowest BCUT2D eigenvalue weighted by Gasteiger charge is -2.08. The Morgan fingerprint density at radius 1 is 1.10 bits per heavy atom. The van der Waals surface area contributed by atoms with E-state index in [1.165, 1.54) is 23.8 Å². The lowest BCUT2D eigenvalue weighted by Crippen LogP contribution is -1.99. The van der Waals surface area contributed by atoms with Gasteiger partial charge in [0.15, 0.2) is 0 Å². The van der Waals surface area contributed by atoms with E-state index in [2.05, 4.69) is 6.92 Å². The molecule has 0 aliphatic rings. The molecule has 0 spiro atoms. The molecular weight excluding hydrogens is 252 g/mol. The van der Waals surface area contributed by atoms with E-state index in [0.29, 0.717) is 5.56 Å². The third kappa shape index (κ3) is 3.18. The van der Waals surface area contributed by atoms with Gasteiger partial charge in [0.2, 0.25) is 0 Å². The van der Waals surface area contributed by atoms with E-state index < -0.39 is 5.97 Å². The van der Waals surface area contributed by atoms with Crippen LogP contribution in [0.1, 0.15) is 35.7 Å². The van der Waals surface area contributed by atoms with Gasteiger partial charge in [-0.05, 0) is 47.7 Å². The van der Waals surface area contributed by atoms with Crippen LogP contribution in [-0.4, -0.2) is 16.2 Å². The number of hydrogen-bond donors (Lipinski definition) is 2. The summed E-state index contributed by atoms with van der Waals surface area (Å²) in [6, 6.07) is 12.2. The van der Waals surface area contributed by atoms with Gasteiger partial charge >= 0.3 is 5.97 Å². The van der Waals surface area contributed by atoms with E-state index in [0.717, 1.165) is 24.8 Å². The van der Waals surface area contributed by atoms with E-state index in [4.69, 9.17) is 0 Å². The molecular formula is C17H18O3. The monoisotopic (exact) mass is 270 g/mol. The molecule has 104 valence electrons. The minimum Gasteiger partial charge on any atom is -0.508 e. The fourth-order valence-electron chi connectivity index (χ4n) is 2.19. The maximum atomic E-state index is 11.2. The summed E-state index contributed by atoms with van der Waals surface area (Å²) in [5, 5.41) is 18.8. The summed E-state index contributed by atoms with van der Waals surface area (Å²) in [6.07, 6.45) is 3.33. The van der Waals surface area contributed by atoms with Crippen molar-refractivity contribution in [1.82, 2.24) is 0 Å². The first-order valence-electron chi connectivity index (χ1n) is 6.77. The second-order valence-electron chi connectivity index (χ2n) is 4.84. The minimum absolute atomic E-state index is 0.0695. The molecule has 0 unspecified atom stereocenters. The molecule has 0 radical (unpaired) electrons. The first-order chi connectivity index (χ1) is 9.61. The molecule has 2 rings (SSSR count). The average molecular weight is 270 g/mol. The van der Waals surface area contributed by atoms with Gasteiger partial charge in [0, 0.05) is 0 Å². The average Bonchev–Trinajstić information content (AvgIpc) is 2.45. The molecule has 2 aromatic rings. The van der Waals surface area contributed by atoms with Crippen molar-refractivity contribution in [3.8, 4) is 16.9 Å². The number of aromatic carboxylic acids is 1. The summed E-state index contributed by atoms with van der Waals surface area (Å²) in [6.45, 7) is 2.15. The van der Waals surface area contributed by atoms with Gasteiger partial charge in [-0.3, -0.25) is 0 Å². The van der Waals surface area contributed by atoms with Crippen molar-refractivity contribution in [2.24, 2.45) is 0 Å². The Balaban J connectivity index is 2.36. The molecule has 3 heteroatoms. The number of phenols is 1. The van der Waals surface area contributed by atoms with E-state index in [1.54, 1.807) is 0 Å². The van der Waals surface area contributed by atoms with E-state index in [1.807, 2.05) is 24.3 Å². The molecule has 2 N–H and O–H groups in total. The van der Waals surface area contributed by atoms with Crippen molar-refractivity contribution in [3.63, 3.8) is 0 Å². The lowest BCUT2D eigenvalue weighted by atomic mass is 9.97. The number of carboxylic acid groups (broad SMARTS) is 1. The largest absolute Gasteiger partial charge is 0.508 e. The Morgan fingerprint density at radius 3 is 2.40 bits per heavy atom. The highest BCUT2D eigenvalue weighted by molar-refractivity contribution is 5.96. The van der Waals surface area contributed by atoms with Crippen molar-refractivity contribution in [1.29, 1.82) is 0 Å². The Hall–Kier alpha value is -2.29. The number of benzene rings is 2. The number of hydrogen-bond acceptors (Lipinski definition) is 2. The fraction of sp³-hybridized carbons (Fsp3) is 0.235. The zero-order valence-electron chi connectivity index (χ0n) is 11.5. The second kappa shape index (κ2) is 6.24. The van der Waals surface area contributed by atoms with E-state index >= 15 is 0 Å². The topological polar surface area (TPSA) is 57.5 Å². The Kier molecular flexibility index (Phi) is 4.41. The molecule has 0 heterocycles. The highest BCUT2D eigenvalue weighted by Crippen LogP contribution is 2.28. The summed E-state index contributed by atoms with van der Waals surface area (Å²) in [4.78, 5) is 11.2. The summed E-state index contributed by atoms with van der Waals surface area (Å²) in [5.74, 6) is -0.921. The highest BCUT2D eigenvalue weighted by Gasteiger charge is 2.12. The van der Waals surface area contributed by atoms with Gasteiger partial charge in [0.25, 0.3) is 0 Å². The van der Waals surface area contributed by atoms with Crippen molar-refractivity contribution in [2.45, 2.75) is 26.2 Å². The number of carboxylic acids is 1. The van der Waals surface area contributed by atoms with Crippen LogP contribution in [0.4, 0.5) is 0 Å². The predicted octanol–water partition coefficient (Wildman–Crippen LogP) is 4.10. The number of rotatable bonds is 5. The van der Waals surface area contributed by atoms with Crippen LogP contribution in [0.3, 0.4) is 0 Å². The molecule has 20 heavy (non-hydrogen) atoms. The molecule has 0 amide bonds. The van der Waals surface area contributed by atoms with Gasteiger partial charge < -0.3 is 10.2 Å². The second-order valence-corrected chi connectivity index (χ2v) is 4.84. The number of aryl methyl sites for hydroxylation is 1. The summed E-state index contributed by atoms with van der Waals surface area (Å²) < 4.78 is 0. The molecule has 0 fully saturated rings. The van der Waals surface area contributed by atoms with E-state index in [-0.39, 0.29) is 11.3 Å². The standard InChI is InChI=1S/C17H18O3/c1-2-3-4-12-5-7-13(8-6-12)16-11-14(18)9-10-15(16)17(19)20/h5-11,18H,2-4H2,1H3,(H,19,20). The van der Waals surface area contributed by atoms with Crippen molar-refractivity contribution >= 4 is 5.97 Å². The number of unbranched alkanes of at least 4 members (excludes halogenated alkanes) is 1. The van der Waals surface area contributed by atoms with Crippen LogP contribution in [0.15, 0.2) is 42.5 Å². The molecule has 0 aliphatic heterocycles. The summed E-state index contributed by atoms with van der Waals surface area (Å²) in [5.41, 5.74) is 2.79. The Morgan fingerprint density at radius 2 is 1.80 bits per heavy atom. The summed E-state index contributed by atoms with van der Waals surface area (Å²) >= 11 is 0. The zero-order chi connectivity index (χ0) is 14.5. The molecule has 0 atom stereocenters. The fourth-order valence-corrected chi connectivity index (χ4v) is 2.19. The van der Waals surface area contributed by atoms with Crippen LogP contribution in [0.5, 0.6) is 5.75 Å². The van der Waals surface area contributed by atoms with E-state index in [9.17, 15) is 15.0 Å². The third-order valence-corrected chi connectivity index (χ3v) is 3.32. The molecule has 0 aromatic heterocycles. The third-order valence-electron chi connectivity index (χ3n) is 3.32. The quantitative estimate of drug-likeness (QED) is 0.860. The van der Waals surface area contributed by atoms with Gasteiger partial charge in [-0.25, -0.2) is 4.79 Å². The van der Waals surface area contributed by atoms with Crippen LogP contribution in [0.25, 0.3) is 11.1 Å². The maximum Gasteiger partial charge on any atom is 0.336 e. The maximum absolute atomic E-state index is 11.2. The first-order valence-corrected chi connectivity index (χ1v) is 6.77. The van der Waals surface area contributed by atoms with Gasteiger partial charge in [0.05, 0.1) is 5.56 Å². The molecule has 0 saturated carbocycles. The first kappa shape index (κ1) is 14.1. The van der Waals surface area contributed by atoms with Crippen LogP contribution in [0.2, 0.25) is 0 Å². The zero-order valence-corrected chi connectivity index (χ0v) is 11.5. The molecule has 2 aromatic carbocycles. The van der Waals surface area contributed by atoms with Crippen LogP contribution in [-0.2, 0) is 6.42 Å². The molecule has 0 bridgehead atoms. The lowest BCUT2D eigenvalue weighted by molar-refractivity contribution is 0.0697. The molecule has 0 aliphatic carbocycles. The SMILES string of the molecule is CCCCc1ccc(-c2cc(O)ccc2C(=O)O)cc1. The Labute approximate surface area is 118 Å².